The number of hydrogen-bond acceptors (Lipinski definition) is 2. The normalized spacial score (nSPS) is 22.1. The summed E-state index contributed by atoms with van der Waals surface area (Å²) < 4.78 is 4.78. The second kappa shape index (κ2) is 5.20. The Kier molecular flexibility index (Phi) is 4.21. The lowest BCUT2D eigenvalue weighted by molar-refractivity contribution is -0.137. The van der Waals surface area contributed by atoms with Gasteiger partial charge < -0.3 is 4.74 Å². The summed E-state index contributed by atoms with van der Waals surface area (Å²) in [6.07, 6.45) is 5.22. The molecule has 0 amide bonds. The first kappa shape index (κ1) is 11.3. The van der Waals surface area contributed by atoms with Gasteiger partial charge in [-0.05, 0) is 31.3 Å². The van der Waals surface area contributed by atoms with Crippen LogP contribution in [0.1, 0.15) is 26.7 Å². The zero-order valence-electron chi connectivity index (χ0n) is 8.55. The Morgan fingerprint density at radius 3 is 2.93 bits per heavy atom. The van der Waals surface area contributed by atoms with Gasteiger partial charge >= 0.3 is 5.97 Å². The Morgan fingerprint density at radius 2 is 2.43 bits per heavy atom. The van der Waals surface area contributed by atoms with E-state index in [0.29, 0.717) is 12.5 Å². The van der Waals surface area contributed by atoms with Crippen molar-refractivity contribution in [1.82, 2.24) is 0 Å². The molecule has 0 aromatic heterocycles. The molecule has 1 aliphatic carbocycles. The summed E-state index contributed by atoms with van der Waals surface area (Å²) in [6, 6.07) is 0. The van der Waals surface area contributed by atoms with Gasteiger partial charge in [-0.25, -0.2) is 4.79 Å². The molecular weight excluding hydrogens is 200 g/mol. The number of carbonyl (C=O) groups excluding carboxylic acids is 1. The highest BCUT2D eigenvalue weighted by Crippen LogP contribution is 2.34. The summed E-state index contributed by atoms with van der Waals surface area (Å²) in [4.78, 5) is 11.0. The van der Waals surface area contributed by atoms with E-state index in [2.05, 4.69) is 6.92 Å². The molecule has 0 aromatic rings. The quantitative estimate of drug-likeness (QED) is 0.533. The maximum absolute atomic E-state index is 11.0. The van der Waals surface area contributed by atoms with Crippen LogP contribution < -0.4 is 0 Å². The van der Waals surface area contributed by atoms with Crippen LogP contribution >= 0.6 is 11.6 Å². The van der Waals surface area contributed by atoms with Crippen LogP contribution in [0.5, 0.6) is 0 Å². The lowest BCUT2D eigenvalue weighted by atomic mass is 10.0. The predicted molar refractivity (Wildman–Crippen MR) is 57.1 cm³/mol. The fraction of sp³-hybridized carbons (Fsp3) is 0.545. The predicted octanol–water partition coefficient (Wildman–Crippen LogP) is 3.03. The van der Waals surface area contributed by atoms with E-state index < -0.39 is 0 Å². The smallest absolute Gasteiger partial charge is 0.330 e. The molecule has 1 rings (SSSR count). The number of allylic oxidation sites excluding steroid dienone is 3. The number of ether oxygens (including phenoxy) is 1. The average Bonchev–Trinajstić information content (AvgIpc) is 2.44. The van der Waals surface area contributed by atoms with Gasteiger partial charge in [-0.2, -0.15) is 0 Å². The van der Waals surface area contributed by atoms with Crippen molar-refractivity contribution in [3.63, 3.8) is 0 Å². The molecule has 0 heterocycles. The van der Waals surface area contributed by atoms with E-state index in [1.165, 1.54) is 6.08 Å². The highest BCUT2D eigenvalue weighted by Gasteiger charge is 2.18. The minimum atomic E-state index is -0.302. The number of esters is 1. The first-order valence-corrected chi connectivity index (χ1v) is 5.26. The van der Waals surface area contributed by atoms with Crippen LogP contribution in [0.2, 0.25) is 0 Å². The van der Waals surface area contributed by atoms with Crippen LogP contribution in [-0.4, -0.2) is 12.6 Å². The maximum Gasteiger partial charge on any atom is 0.330 e. The topological polar surface area (TPSA) is 26.3 Å². The van der Waals surface area contributed by atoms with Gasteiger partial charge in [-0.1, -0.05) is 24.6 Å². The average molecular weight is 215 g/mol. The van der Waals surface area contributed by atoms with Crippen molar-refractivity contribution in [3.05, 3.63) is 22.8 Å². The van der Waals surface area contributed by atoms with Gasteiger partial charge in [0.15, 0.2) is 0 Å². The molecule has 0 radical (unpaired) electrons. The zero-order chi connectivity index (χ0) is 10.6. The molecule has 0 fully saturated rings. The van der Waals surface area contributed by atoms with E-state index in [0.717, 1.165) is 23.4 Å². The molecule has 0 aromatic carbocycles. The second-order valence-electron chi connectivity index (χ2n) is 3.39. The largest absolute Gasteiger partial charge is 0.463 e. The summed E-state index contributed by atoms with van der Waals surface area (Å²) in [5, 5.41) is 0.873. The van der Waals surface area contributed by atoms with E-state index in [1.54, 1.807) is 13.0 Å². The fourth-order valence-electron chi connectivity index (χ4n) is 1.51. The minimum Gasteiger partial charge on any atom is -0.463 e. The molecule has 1 unspecified atom stereocenters. The van der Waals surface area contributed by atoms with Crippen molar-refractivity contribution in [2.75, 3.05) is 6.61 Å². The van der Waals surface area contributed by atoms with E-state index in [9.17, 15) is 4.79 Å². The molecule has 0 bridgehead atoms. The van der Waals surface area contributed by atoms with Crippen LogP contribution in [0.3, 0.4) is 0 Å². The Labute approximate surface area is 89.6 Å². The van der Waals surface area contributed by atoms with Gasteiger partial charge in [0.25, 0.3) is 0 Å². The summed E-state index contributed by atoms with van der Waals surface area (Å²) in [5.74, 6) is 0.150. The first-order valence-electron chi connectivity index (χ1n) is 4.88. The van der Waals surface area contributed by atoms with Gasteiger partial charge in [-0.15, -0.1) is 0 Å². The van der Waals surface area contributed by atoms with Gasteiger partial charge in [0, 0.05) is 11.1 Å². The Balaban J connectivity index is 2.59. The third kappa shape index (κ3) is 2.88. The molecule has 0 saturated carbocycles. The molecule has 1 aliphatic rings. The number of hydrogen-bond donors (Lipinski definition) is 0. The van der Waals surface area contributed by atoms with Crippen molar-refractivity contribution in [1.29, 1.82) is 0 Å². The lowest BCUT2D eigenvalue weighted by Crippen LogP contribution is -1.99. The van der Waals surface area contributed by atoms with Crippen LogP contribution in [0.25, 0.3) is 0 Å². The van der Waals surface area contributed by atoms with E-state index >= 15 is 0 Å². The number of rotatable bonds is 3. The zero-order valence-corrected chi connectivity index (χ0v) is 9.30. The van der Waals surface area contributed by atoms with Gasteiger partial charge in [-0.3, -0.25) is 0 Å². The van der Waals surface area contributed by atoms with Crippen molar-refractivity contribution < 1.29 is 9.53 Å². The van der Waals surface area contributed by atoms with E-state index in [4.69, 9.17) is 16.3 Å². The maximum atomic E-state index is 11.0. The highest BCUT2D eigenvalue weighted by molar-refractivity contribution is 6.30. The molecule has 2 nitrogen and oxygen atoms in total. The van der Waals surface area contributed by atoms with E-state index in [1.807, 2.05) is 0 Å². The van der Waals surface area contributed by atoms with Crippen molar-refractivity contribution in [3.8, 4) is 0 Å². The standard InChI is InChI=1S/C11H15ClO2/c1-3-14-11(13)7-5-9-8(2)4-6-10(9)12/h5,7-8H,3-4,6H2,1-2H3. The fourth-order valence-corrected chi connectivity index (χ4v) is 1.87. The minimum absolute atomic E-state index is 0.302. The van der Waals surface area contributed by atoms with Gasteiger partial charge in [0.2, 0.25) is 0 Å². The Bertz CT molecular complexity index is 279. The lowest BCUT2D eigenvalue weighted by Gasteiger charge is -2.03. The summed E-state index contributed by atoms with van der Waals surface area (Å²) >= 11 is 6.01. The van der Waals surface area contributed by atoms with Crippen molar-refractivity contribution in [2.24, 2.45) is 5.92 Å². The highest BCUT2D eigenvalue weighted by atomic mass is 35.5. The molecule has 0 spiro atoms. The second-order valence-corrected chi connectivity index (χ2v) is 3.84. The molecule has 0 N–H and O–H groups in total. The molecule has 3 heteroatoms. The summed E-state index contributed by atoms with van der Waals surface area (Å²) in [7, 11) is 0. The van der Waals surface area contributed by atoms with Crippen molar-refractivity contribution in [2.45, 2.75) is 26.7 Å². The third-order valence-corrected chi connectivity index (χ3v) is 2.73. The first-order chi connectivity index (χ1) is 6.65. The molecule has 1 atom stereocenters. The molecule has 78 valence electrons. The molecule has 0 saturated heterocycles. The Hall–Kier alpha value is -0.760. The number of halogens is 1. The summed E-state index contributed by atoms with van der Waals surface area (Å²) in [6.45, 7) is 4.31. The van der Waals surface area contributed by atoms with Crippen LogP contribution in [0.15, 0.2) is 22.8 Å². The Morgan fingerprint density at radius 1 is 1.71 bits per heavy atom. The van der Waals surface area contributed by atoms with Crippen LogP contribution in [0, 0.1) is 5.92 Å². The molecule has 0 aliphatic heterocycles. The third-order valence-electron chi connectivity index (χ3n) is 2.33. The van der Waals surface area contributed by atoms with Crippen molar-refractivity contribution >= 4 is 17.6 Å². The monoisotopic (exact) mass is 214 g/mol. The summed E-state index contributed by atoms with van der Waals surface area (Å²) in [5.41, 5.74) is 1.07. The van der Waals surface area contributed by atoms with Crippen LogP contribution in [0.4, 0.5) is 0 Å². The number of carbonyl (C=O) groups is 1. The molecule has 14 heavy (non-hydrogen) atoms. The van der Waals surface area contributed by atoms with E-state index in [-0.39, 0.29) is 5.97 Å². The van der Waals surface area contributed by atoms with Gasteiger partial charge in [0.05, 0.1) is 6.61 Å². The SMILES string of the molecule is CCOC(=O)C=CC1=C(Cl)CCC1C. The van der Waals surface area contributed by atoms with Gasteiger partial charge in [0.1, 0.15) is 0 Å². The molecular formula is C11H15ClO2. The van der Waals surface area contributed by atoms with Crippen LogP contribution in [-0.2, 0) is 9.53 Å².